The molecule has 0 spiro atoms. The minimum Gasteiger partial charge on any atom is -0.393 e. The second kappa shape index (κ2) is 7.20. The number of nitrogens with zero attached hydrogens (tertiary/aromatic N) is 2. The van der Waals surface area contributed by atoms with Gasteiger partial charge in [0, 0.05) is 38.8 Å². The number of aliphatic hydroxyl groups excluding tert-OH is 1. The van der Waals surface area contributed by atoms with E-state index in [0.29, 0.717) is 13.0 Å². The maximum atomic E-state index is 12.4. The van der Waals surface area contributed by atoms with Crippen molar-refractivity contribution in [1.29, 1.82) is 0 Å². The summed E-state index contributed by atoms with van der Waals surface area (Å²) in [6, 6.07) is 0.847. The molecule has 24 heavy (non-hydrogen) atoms. The van der Waals surface area contributed by atoms with Gasteiger partial charge in [-0.15, -0.1) is 0 Å². The summed E-state index contributed by atoms with van der Waals surface area (Å²) in [5.74, 6) is 1.91. The summed E-state index contributed by atoms with van der Waals surface area (Å²) in [7, 11) is 0. The first-order chi connectivity index (χ1) is 11.3. The lowest BCUT2D eigenvalue weighted by atomic mass is 9.87. The molecule has 3 fully saturated rings. The third kappa shape index (κ3) is 4.23. The number of aliphatic hydroxyl groups is 1. The number of amides is 2. The Morgan fingerprint density at radius 1 is 1.21 bits per heavy atom. The van der Waals surface area contributed by atoms with Crippen LogP contribution in [0.25, 0.3) is 0 Å². The van der Waals surface area contributed by atoms with E-state index in [4.69, 9.17) is 0 Å². The molecular weight excluding hydrogens is 302 g/mol. The second-order valence-electron chi connectivity index (χ2n) is 9.14. The Morgan fingerprint density at radius 3 is 2.46 bits per heavy atom. The molecule has 3 rings (SSSR count). The Balaban J connectivity index is 1.40. The Morgan fingerprint density at radius 2 is 1.92 bits per heavy atom. The lowest BCUT2D eigenvalue weighted by Gasteiger charge is -2.41. The third-order valence-corrected chi connectivity index (χ3v) is 6.34. The van der Waals surface area contributed by atoms with Gasteiger partial charge in [0.05, 0.1) is 6.10 Å². The van der Waals surface area contributed by atoms with Crippen molar-refractivity contribution < 1.29 is 9.90 Å². The SMILES string of the molecule is CC(O)CC(C)(C)CNC(=O)N1CCN(C2CC3CCC2C3)CC1. The summed E-state index contributed by atoms with van der Waals surface area (Å²) in [6.07, 6.45) is 6.08. The van der Waals surface area contributed by atoms with Crippen LogP contribution in [0.5, 0.6) is 0 Å². The highest BCUT2D eigenvalue weighted by Gasteiger charge is 2.42. The molecule has 0 radical (unpaired) electrons. The molecule has 2 N–H and O–H groups in total. The van der Waals surface area contributed by atoms with Crippen molar-refractivity contribution in [3.05, 3.63) is 0 Å². The smallest absolute Gasteiger partial charge is 0.317 e. The van der Waals surface area contributed by atoms with Crippen LogP contribution in [0.15, 0.2) is 0 Å². The predicted molar refractivity (Wildman–Crippen MR) is 95.9 cm³/mol. The molecule has 1 aliphatic heterocycles. The molecular formula is C19H35N3O2. The van der Waals surface area contributed by atoms with Crippen LogP contribution in [0.1, 0.15) is 52.9 Å². The fourth-order valence-corrected chi connectivity index (χ4v) is 5.21. The van der Waals surface area contributed by atoms with Crippen LogP contribution in [0.3, 0.4) is 0 Å². The summed E-state index contributed by atoms with van der Waals surface area (Å²) in [5.41, 5.74) is -0.0747. The van der Waals surface area contributed by atoms with Crippen LogP contribution < -0.4 is 5.32 Å². The van der Waals surface area contributed by atoms with Gasteiger partial charge in [-0.25, -0.2) is 4.79 Å². The largest absolute Gasteiger partial charge is 0.393 e. The molecule has 2 bridgehead atoms. The van der Waals surface area contributed by atoms with Gasteiger partial charge < -0.3 is 15.3 Å². The lowest BCUT2D eigenvalue weighted by Crippen LogP contribution is -2.55. The predicted octanol–water partition coefficient (Wildman–Crippen LogP) is 2.30. The van der Waals surface area contributed by atoms with E-state index < -0.39 is 0 Å². The van der Waals surface area contributed by atoms with Crippen molar-refractivity contribution >= 4 is 6.03 Å². The quantitative estimate of drug-likeness (QED) is 0.809. The number of hydrogen-bond acceptors (Lipinski definition) is 3. The Bertz CT molecular complexity index is 444. The minimum atomic E-state index is -0.331. The van der Waals surface area contributed by atoms with Crippen molar-refractivity contribution in [3.8, 4) is 0 Å². The zero-order chi connectivity index (χ0) is 17.3. The number of hydrogen-bond donors (Lipinski definition) is 2. The van der Waals surface area contributed by atoms with Crippen molar-refractivity contribution in [1.82, 2.24) is 15.1 Å². The first-order valence-electron chi connectivity index (χ1n) is 9.79. The molecule has 1 saturated heterocycles. The maximum absolute atomic E-state index is 12.4. The van der Waals surface area contributed by atoms with Gasteiger partial charge in [-0.2, -0.15) is 0 Å². The van der Waals surface area contributed by atoms with Crippen LogP contribution in [0.2, 0.25) is 0 Å². The highest BCUT2D eigenvalue weighted by Crippen LogP contribution is 2.46. The lowest BCUT2D eigenvalue weighted by molar-refractivity contribution is 0.0807. The van der Waals surface area contributed by atoms with Gasteiger partial charge in [-0.3, -0.25) is 4.90 Å². The van der Waals surface area contributed by atoms with Crippen LogP contribution in [0.4, 0.5) is 4.79 Å². The summed E-state index contributed by atoms with van der Waals surface area (Å²) in [4.78, 5) is 17.0. The van der Waals surface area contributed by atoms with Gasteiger partial charge in [-0.05, 0) is 49.9 Å². The van der Waals surface area contributed by atoms with Crippen LogP contribution in [0, 0.1) is 17.3 Å². The van der Waals surface area contributed by atoms with E-state index in [2.05, 4.69) is 24.1 Å². The van der Waals surface area contributed by atoms with Crippen molar-refractivity contribution in [2.24, 2.45) is 17.3 Å². The molecule has 2 saturated carbocycles. The fraction of sp³-hybridized carbons (Fsp3) is 0.947. The molecule has 4 atom stereocenters. The average molecular weight is 338 g/mol. The molecule has 0 aromatic heterocycles. The Labute approximate surface area is 146 Å². The zero-order valence-electron chi connectivity index (χ0n) is 15.6. The summed E-state index contributed by atoms with van der Waals surface area (Å²) < 4.78 is 0. The van der Waals surface area contributed by atoms with E-state index in [1.807, 2.05) is 4.90 Å². The molecule has 2 amide bonds. The Kier molecular flexibility index (Phi) is 5.40. The van der Waals surface area contributed by atoms with Crippen molar-refractivity contribution in [3.63, 3.8) is 0 Å². The van der Waals surface area contributed by atoms with E-state index in [0.717, 1.165) is 44.1 Å². The van der Waals surface area contributed by atoms with E-state index >= 15 is 0 Å². The minimum absolute atomic E-state index is 0.0567. The van der Waals surface area contributed by atoms with E-state index in [9.17, 15) is 9.90 Å². The molecule has 1 heterocycles. The number of piperazine rings is 1. The van der Waals surface area contributed by atoms with E-state index in [-0.39, 0.29) is 17.6 Å². The van der Waals surface area contributed by atoms with Gasteiger partial charge in [0.25, 0.3) is 0 Å². The Hall–Kier alpha value is -0.810. The van der Waals surface area contributed by atoms with Gasteiger partial charge in [0.15, 0.2) is 0 Å². The highest BCUT2D eigenvalue weighted by molar-refractivity contribution is 5.74. The second-order valence-corrected chi connectivity index (χ2v) is 9.14. The summed E-state index contributed by atoms with van der Waals surface area (Å²) in [6.45, 7) is 10.3. The van der Waals surface area contributed by atoms with Crippen LogP contribution >= 0.6 is 0 Å². The molecule has 5 nitrogen and oxygen atoms in total. The molecule has 138 valence electrons. The number of nitrogens with one attached hydrogen (secondary N) is 1. The van der Waals surface area contributed by atoms with Gasteiger partial charge >= 0.3 is 6.03 Å². The van der Waals surface area contributed by atoms with Crippen molar-refractivity contribution in [2.45, 2.75) is 65.0 Å². The van der Waals surface area contributed by atoms with Crippen LogP contribution in [-0.2, 0) is 0 Å². The molecule has 2 aliphatic carbocycles. The highest BCUT2D eigenvalue weighted by atomic mass is 16.3. The standard InChI is InChI=1S/C19H35N3O2/c1-14(23)12-19(2,3)13-20-18(24)22-8-6-21(7-9-22)17-11-15-4-5-16(17)10-15/h14-17,23H,4-13H2,1-3H3,(H,20,24). The van der Waals surface area contributed by atoms with Crippen LogP contribution in [-0.4, -0.2) is 65.8 Å². The number of carbonyl (C=O) groups is 1. The van der Waals surface area contributed by atoms with E-state index in [1.165, 1.54) is 25.7 Å². The molecule has 0 aromatic rings. The maximum Gasteiger partial charge on any atom is 0.317 e. The van der Waals surface area contributed by atoms with Gasteiger partial charge in [0.1, 0.15) is 0 Å². The fourth-order valence-electron chi connectivity index (χ4n) is 5.21. The normalized spacial score (nSPS) is 32.2. The van der Waals surface area contributed by atoms with Crippen molar-refractivity contribution in [2.75, 3.05) is 32.7 Å². The first kappa shape index (κ1) is 18.0. The first-order valence-corrected chi connectivity index (χ1v) is 9.79. The topological polar surface area (TPSA) is 55.8 Å². The summed E-state index contributed by atoms with van der Waals surface area (Å²) in [5, 5.41) is 12.6. The monoisotopic (exact) mass is 337 g/mol. The van der Waals surface area contributed by atoms with Gasteiger partial charge in [-0.1, -0.05) is 20.3 Å². The number of rotatable bonds is 5. The third-order valence-electron chi connectivity index (χ3n) is 6.34. The number of fused-ring (bicyclic) bond motifs is 2. The molecule has 5 heteroatoms. The average Bonchev–Trinajstić information content (AvgIpc) is 3.14. The van der Waals surface area contributed by atoms with E-state index in [1.54, 1.807) is 6.92 Å². The number of carbonyl (C=O) groups excluding carboxylic acids is 1. The number of urea groups is 1. The van der Waals surface area contributed by atoms with Gasteiger partial charge in [0.2, 0.25) is 0 Å². The zero-order valence-corrected chi connectivity index (χ0v) is 15.6. The molecule has 0 aromatic carbocycles. The summed E-state index contributed by atoms with van der Waals surface area (Å²) >= 11 is 0. The molecule has 3 aliphatic rings. The molecule has 4 unspecified atom stereocenters.